The quantitative estimate of drug-likeness (QED) is 0.194. The Hall–Kier alpha value is -4.46. The molecule has 0 unspecified atom stereocenters. The van der Waals surface area contributed by atoms with E-state index >= 15 is 0 Å². The van der Waals surface area contributed by atoms with Crippen molar-refractivity contribution in [2.45, 2.75) is 6.92 Å². The molecule has 0 fully saturated rings. The monoisotopic (exact) mass is 417 g/mol. The molecule has 0 saturated carbocycles. The third-order valence-electron chi connectivity index (χ3n) is 4.49. The van der Waals surface area contributed by atoms with Crippen LogP contribution in [-0.2, 0) is 0 Å². The van der Waals surface area contributed by atoms with Crippen molar-refractivity contribution >= 4 is 22.6 Å². The molecule has 0 aliphatic carbocycles. The second-order valence-corrected chi connectivity index (χ2v) is 6.70. The first-order valence-electron chi connectivity index (χ1n) is 9.17. The van der Waals surface area contributed by atoms with Gasteiger partial charge < -0.3 is 13.9 Å². The van der Waals surface area contributed by atoms with Crippen LogP contribution in [0.5, 0.6) is 17.2 Å². The van der Waals surface area contributed by atoms with Gasteiger partial charge in [-0.3, -0.25) is 14.9 Å². The highest BCUT2D eigenvalue weighted by Crippen LogP contribution is 2.25. The molecule has 0 aliphatic rings. The van der Waals surface area contributed by atoms with Gasteiger partial charge in [0, 0.05) is 18.2 Å². The molecular weight excluding hydrogens is 402 g/mol. The summed E-state index contributed by atoms with van der Waals surface area (Å²) in [6.07, 6.45) is 1.20. The zero-order valence-corrected chi connectivity index (χ0v) is 16.2. The van der Waals surface area contributed by atoms with Crippen molar-refractivity contribution in [2.75, 3.05) is 0 Å². The number of hydrogen-bond acceptors (Lipinski definition) is 7. The van der Waals surface area contributed by atoms with E-state index in [9.17, 15) is 19.7 Å². The molecule has 8 nitrogen and oxygen atoms in total. The molecular formula is C23H15NO7. The summed E-state index contributed by atoms with van der Waals surface area (Å²) in [6, 6.07) is 16.6. The molecule has 31 heavy (non-hydrogen) atoms. The normalized spacial score (nSPS) is 10.6. The maximum absolute atomic E-state index is 12.7. The number of nitro benzene ring substituents is 1. The zero-order chi connectivity index (χ0) is 22.0. The van der Waals surface area contributed by atoms with Crippen LogP contribution in [0.15, 0.2) is 82.2 Å². The Bertz CT molecular complexity index is 1340. The van der Waals surface area contributed by atoms with Crippen molar-refractivity contribution in [3.05, 3.63) is 104 Å². The number of aryl methyl sites for hydroxylation is 1. The van der Waals surface area contributed by atoms with Gasteiger partial charge in [0.15, 0.2) is 0 Å². The maximum atomic E-state index is 12.7. The summed E-state index contributed by atoms with van der Waals surface area (Å²) in [6.45, 7) is 1.94. The van der Waals surface area contributed by atoms with E-state index in [0.29, 0.717) is 5.75 Å². The lowest BCUT2D eigenvalue weighted by Gasteiger charge is -2.07. The topological polar surface area (TPSA) is 109 Å². The first kappa shape index (κ1) is 19.8. The Labute approximate surface area is 175 Å². The Kier molecular flexibility index (Phi) is 5.19. The third kappa shape index (κ3) is 4.27. The zero-order valence-electron chi connectivity index (χ0n) is 16.2. The minimum absolute atomic E-state index is 0.0342. The highest BCUT2D eigenvalue weighted by atomic mass is 16.6. The highest BCUT2D eigenvalue weighted by Gasteiger charge is 2.14. The molecule has 1 aromatic heterocycles. The predicted molar refractivity (Wildman–Crippen MR) is 112 cm³/mol. The molecule has 4 rings (SSSR count). The van der Waals surface area contributed by atoms with Crippen LogP contribution in [0, 0.1) is 17.0 Å². The molecule has 154 valence electrons. The van der Waals surface area contributed by atoms with Crippen LogP contribution >= 0.6 is 0 Å². The second-order valence-electron chi connectivity index (χ2n) is 6.70. The summed E-state index contributed by atoms with van der Waals surface area (Å²) in [7, 11) is 0. The molecule has 0 amide bonds. The number of carbonyl (C=O) groups is 1. The van der Waals surface area contributed by atoms with Crippen molar-refractivity contribution in [2.24, 2.45) is 0 Å². The average Bonchev–Trinajstić information content (AvgIpc) is 2.77. The number of ether oxygens (including phenoxy) is 2. The number of nitro groups is 1. The van der Waals surface area contributed by atoms with E-state index in [2.05, 4.69) is 0 Å². The van der Waals surface area contributed by atoms with Gasteiger partial charge in [0.25, 0.3) is 5.69 Å². The lowest BCUT2D eigenvalue weighted by atomic mass is 10.2. The van der Waals surface area contributed by atoms with Gasteiger partial charge in [-0.05, 0) is 43.3 Å². The number of fused-ring (bicyclic) bond motifs is 1. The van der Waals surface area contributed by atoms with Gasteiger partial charge in [0.1, 0.15) is 23.3 Å². The van der Waals surface area contributed by atoms with Gasteiger partial charge in [-0.2, -0.15) is 0 Å². The molecule has 0 N–H and O–H groups in total. The summed E-state index contributed by atoms with van der Waals surface area (Å²) in [5.74, 6) is 0.000000793. The highest BCUT2D eigenvalue weighted by molar-refractivity contribution is 5.92. The van der Waals surface area contributed by atoms with Crippen LogP contribution in [0.25, 0.3) is 11.0 Å². The number of non-ortho nitro benzene ring substituents is 1. The first-order valence-corrected chi connectivity index (χ1v) is 9.17. The molecule has 0 bridgehead atoms. The largest absolute Gasteiger partial charge is 0.460 e. The van der Waals surface area contributed by atoms with E-state index in [4.69, 9.17) is 13.9 Å². The van der Waals surface area contributed by atoms with Gasteiger partial charge in [-0.15, -0.1) is 0 Å². The number of benzene rings is 3. The summed E-state index contributed by atoms with van der Waals surface area (Å²) in [5, 5.41) is 11.0. The van der Waals surface area contributed by atoms with E-state index in [1.165, 1.54) is 48.7 Å². The Morgan fingerprint density at radius 1 is 0.968 bits per heavy atom. The van der Waals surface area contributed by atoms with Gasteiger partial charge in [-0.1, -0.05) is 17.7 Å². The fraction of sp³-hybridized carbons (Fsp3) is 0.0435. The van der Waals surface area contributed by atoms with Crippen LogP contribution in [0.1, 0.15) is 15.9 Å². The standard InChI is InChI=1S/C23H15NO7/c1-14-2-8-17(9-3-14)30-21-13-29-20-12-18(10-11-19(20)22(21)25)31-23(26)15-4-6-16(7-5-15)24(27)28/h2-13H,1H3. The maximum Gasteiger partial charge on any atom is 0.343 e. The van der Waals surface area contributed by atoms with Gasteiger partial charge in [0.05, 0.1) is 15.9 Å². The SMILES string of the molecule is Cc1ccc(Oc2coc3cc(OC(=O)c4ccc([N+](=O)[O-])cc4)ccc3c2=O)cc1. The third-order valence-corrected chi connectivity index (χ3v) is 4.49. The molecule has 0 spiro atoms. The number of hydrogen-bond donors (Lipinski definition) is 0. The van der Waals surface area contributed by atoms with Crippen LogP contribution in [0.3, 0.4) is 0 Å². The molecule has 0 radical (unpaired) electrons. The van der Waals surface area contributed by atoms with Crippen LogP contribution < -0.4 is 14.9 Å². The molecule has 0 saturated heterocycles. The average molecular weight is 417 g/mol. The van der Waals surface area contributed by atoms with E-state index in [-0.39, 0.29) is 39.1 Å². The summed E-state index contributed by atoms with van der Waals surface area (Å²) >= 11 is 0. The van der Waals surface area contributed by atoms with E-state index in [0.717, 1.165) is 5.56 Å². The van der Waals surface area contributed by atoms with Gasteiger partial charge in [0.2, 0.25) is 11.2 Å². The molecule has 8 heteroatoms. The number of esters is 1. The van der Waals surface area contributed by atoms with Crippen LogP contribution in [0.4, 0.5) is 5.69 Å². The van der Waals surface area contributed by atoms with Crippen molar-refractivity contribution in [1.82, 2.24) is 0 Å². The first-order chi connectivity index (χ1) is 14.9. The van der Waals surface area contributed by atoms with E-state index < -0.39 is 10.9 Å². The van der Waals surface area contributed by atoms with Crippen molar-refractivity contribution in [3.8, 4) is 17.2 Å². The second kappa shape index (κ2) is 8.11. The summed E-state index contributed by atoms with van der Waals surface area (Å²) in [5.41, 5.74) is 0.931. The number of rotatable bonds is 5. The van der Waals surface area contributed by atoms with Crippen molar-refractivity contribution in [1.29, 1.82) is 0 Å². The van der Waals surface area contributed by atoms with Crippen LogP contribution in [-0.4, -0.2) is 10.9 Å². The summed E-state index contributed by atoms with van der Waals surface area (Å²) in [4.78, 5) is 35.1. The molecule has 3 aromatic carbocycles. The molecule has 0 aliphatic heterocycles. The van der Waals surface area contributed by atoms with Crippen LogP contribution in [0.2, 0.25) is 0 Å². The lowest BCUT2D eigenvalue weighted by Crippen LogP contribution is -2.09. The minimum Gasteiger partial charge on any atom is -0.460 e. The Balaban J connectivity index is 1.55. The van der Waals surface area contributed by atoms with E-state index in [1.54, 1.807) is 12.1 Å². The molecule has 1 heterocycles. The fourth-order valence-electron chi connectivity index (χ4n) is 2.84. The van der Waals surface area contributed by atoms with Crippen molar-refractivity contribution in [3.63, 3.8) is 0 Å². The number of carbonyl (C=O) groups excluding carboxylic acids is 1. The van der Waals surface area contributed by atoms with Crippen molar-refractivity contribution < 1.29 is 23.6 Å². The fourth-order valence-corrected chi connectivity index (χ4v) is 2.84. The summed E-state index contributed by atoms with van der Waals surface area (Å²) < 4.78 is 16.4. The lowest BCUT2D eigenvalue weighted by molar-refractivity contribution is -0.384. The Morgan fingerprint density at radius 3 is 2.32 bits per heavy atom. The van der Waals surface area contributed by atoms with Gasteiger partial charge in [-0.25, -0.2) is 4.79 Å². The van der Waals surface area contributed by atoms with E-state index in [1.807, 2.05) is 19.1 Å². The van der Waals surface area contributed by atoms with Gasteiger partial charge >= 0.3 is 5.97 Å². The minimum atomic E-state index is -0.698. The smallest absolute Gasteiger partial charge is 0.343 e. The molecule has 4 aromatic rings. The molecule has 0 atom stereocenters. The predicted octanol–water partition coefficient (Wildman–Crippen LogP) is 5.02. The Morgan fingerprint density at radius 2 is 1.65 bits per heavy atom. The number of nitrogens with zero attached hydrogens (tertiary/aromatic N) is 1.